The molecule has 132 valence electrons. The Balaban J connectivity index is 2.32. The van der Waals surface area contributed by atoms with Crippen LogP contribution in [0.15, 0.2) is 36.5 Å². The molecule has 0 radical (unpaired) electrons. The zero-order valence-electron chi connectivity index (χ0n) is 16.6. The first kappa shape index (κ1) is 20.3. The third-order valence-electron chi connectivity index (χ3n) is 5.29. The van der Waals surface area contributed by atoms with Crippen LogP contribution in [0.1, 0.15) is 80.1 Å². The smallest absolute Gasteiger partial charge is 0.0233 e. The largest absolute Gasteiger partial charge is 0.0991 e. The highest BCUT2D eigenvalue weighted by Gasteiger charge is 2.42. The Hall–Kier alpha value is -0.780. The Bertz CT molecular complexity index is 404. The second-order valence-electron chi connectivity index (χ2n) is 9.02. The normalized spacial score (nSPS) is 24.7. The Kier molecular flexibility index (Phi) is 8.37. The van der Waals surface area contributed by atoms with E-state index < -0.39 is 0 Å². The Morgan fingerprint density at radius 3 is 2.57 bits per heavy atom. The van der Waals surface area contributed by atoms with Crippen molar-refractivity contribution >= 4 is 0 Å². The highest BCUT2D eigenvalue weighted by atomic mass is 14.5. The van der Waals surface area contributed by atoms with E-state index in [-0.39, 0.29) is 0 Å². The first-order chi connectivity index (χ1) is 10.8. The number of hydrogen-bond acceptors (Lipinski definition) is 0. The summed E-state index contributed by atoms with van der Waals surface area (Å²) in [6.45, 7) is 17.9. The van der Waals surface area contributed by atoms with Crippen molar-refractivity contribution in [1.29, 1.82) is 0 Å². The van der Waals surface area contributed by atoms with Crippen LogP contribution in [0.4, 0.5) is 0 Å². The molecule has 0 nitrogen and oxygen atoms in total. The van der Waals surface area contributed by atoms with Crippen LogP contribution in [0.5, 0.6) is 0 Å². The molecule has 0 saturated heterocycles. The molecule has 0 heteroatoms. The maximum Gasteiger partial charge on any atom is -0.0233 e. The second kappa shape index (κ2) is 9.50. The van der Waals surface area contributed by atoms with Crippen molar-refractivity contribution in [3.63, 3.8) is 0 Å². The van der Waals surface area contributed by atoms with Gasteiger partial charge in [0.05, 0.1) is 0 Å². The molecule has 1 fully saturated rings. The van der Waals surface area contributed by atoms with E-state index in [0.29, 0.717) is 5.41 Å². The molecule has 0 spiro atoms. The van der Waals surface area contributed by atoms with Crippen LogP contribution >= 0.6 is 0 Å². The first-order valence-electron chi connectivity index (χ1n) is 9.71. The zero-order chi connectivity index (χ0) is 17.5. The van der Waals surface area contributed by atoms with E-state index in [1.54, 1.807) is 0 Å². The Morgan fingerprint density at radius 1 is 1.30 bits per heavy atom. The van der Waals surface area contributed by atoms with E-state index in [0.717, 1.165) is 30.1 Å². The molecule has 23 heavy (non-hydrogen) atoms. The van der Waals surface area contributed by atoms with Crippen molar-refractivity contribution in [1.82, 2.24) is 0 Å². The molecule has 0 bridgehead atoms. The van der Waals surface area contributed by atoms with Crippen LogP contribution in [0.2, 0.25) is 0 Å². The predicted octanol–water partition coefficient (Wildman–Crippen LogP) is 7.58. The molecule has 0 aromatic heterocycles. The molecule has 4 atom stereocenters. The lowest BCUT2D eigenvalue weighted by atomic mass is 9.82. The minimum Gasteiger partial charge on any atom is -0.0991 e. The number of allylic oxidation sites excluding steroid dienone is 5. The summed E-state index contributed by atoms with van der Waals surface area (Å²) in [5.41, 5.74) is 1.91. The lowest BCUT2D eigenvalue weighted by Crippen LogP contribution is -2.13. The third kappa shape index (κ3) is 8.58. The van der Waals surface area contributed by atoms with Gasteiger partial charge in [-0.05, 0) is 74.5 Å². The molecule has 0 aliphatic heterocycles. The molecule has 2 unspecified atom stereocenters. The molecule has 0 aromatic rings. The van der Waals surface area contributed by atoms with E-state index in [1.165, 1.54) is 37.7 Å². The van der Waals surface area contributed by atoms with Gasteiger partial charge in [-0.2, -0.15) is 0 Å². The molecule has 0 heterocycles. The summed E-state index contributed by atoms with van der Waals surface area (Å²) in [7, 11) is 0. The fraction of sp³-hybridized carbons (Fsp3) is 0.739. The minimum atomic E-state index is 0.480. The third-order valence-corrected chi connectivity index (χ3v) is 5.29. The monoisotopic (exact) mass is 316 g/mol. The van der Waals surface area contributed by atoms with Crippen molar-refractivity contribution in [2.24, 2.45) is 29.1 Å². The molecule has 1 aliphatic carbocycles. The van der Waals surface area contributed by atoms with E-state index >= 15 is 0 Å². The van der Waals surface area contributed by atoms with Crippen molar-refractivity contribution in [3.8, 4) is 0 Å². The summed E-state index contributed by atoms with van der Waals surface area (Å²) >= 11 is 0. The molecule has 0 aromatic carbocycles. The molecule has 0 amide bonds. The molecule has 1 aliphatic rings. The topological polar surface area (TPSA) is 0 Å². The average Bonchev–Trinajstić information content (AvgIpc) is 3.20. The fourth-order valence-corrected chi connectivity index (χ4v) is 4.01. The SMILES string of the molecule is C=C/C=C(\C)CC/C=C\[C@@H](CC)CC1CC1[C@H](C)CC(C)(C)C. The highest BCUT2D eigenvalue weighted by Crippen LogP contribution is 2.51. The Labute approximate surface area is 146 Å². The van der Waals surface area contributed by atoms with Gasteiger partial charge in [-0.3, -0.25) is 0 Å². The van der Waals surface area contributed by atoms with Crippen molar-refractivity contribution in [2.75, 3.05) is 0 Å². The van der Waals surface area contributed by atoms with Gasteiger partial charge in [-0.25, -0.2) is 0 Å². The lowest BCUT2D eigenvalue weighted by molar-refractivity contribution is 0.276. The summed E-state index contributed by atoms with van der Waals surface area (Å²) in [5, 5.41) is 0. The van der Waals surface area contributed by atoms with Gasteiger partial charge in [0.1, 0.15) is 0 Å². The number of rotatable bonds is 10. The quantitative estimate of drug-likeness (QED) is 0.288. The van der Waals surface area contributed by atoms with Gasteiger partial charge < -0.3 is 0 Å². The zero-order valence-corrected chi connectivity index (χ0v) is 16.6. The van der Waals surface area contributed by atoms with Gasteiger partial charge in [0.2, 0.25) is 0 Å². The maximum atomic E-state index is 3.76. The molecular formula is C23H40. The van der Waals surface area contributed by atoms with E-state index in [1.807, 2.05) is 6.08 Å². The molecule has 0 N–H and O–H groups in total. The summed E-state index contributed by atoms with van der Waals surface area (Å²) in [6.07, 6.45) is 16.8. The van der Waals surface area contributed by atoms with Crippen LogP contribution in [-0.4, -0.2) is 0 Å². The summed E-state index contributed by atoms with van der Waals surface area (Å²) in [5.74, 6) is 3.67. The standard InChI is InChI=1S/C23H40/c1-8-12-18(3)13-10-11-14-20(9-2)15-21-16-22(21)19(4)17-23(5,6)7/h8,11-12,14,19-22H,1,9-10,13,15-17H2,2-7H3/b14-11-,18-12+/t19-,20-,21?,22?/m1/s1. The molecule has 1 rings (SSSR count). The van der Waals surface area contributed by atoms with Crippen molar-refractivity contribution in [3.05, 3.63) is 36.5 Å². The van der Waals surface area contributed by atoms with Crippen LogP contribution in [0, 0.1) is 29.1 Å². The first-order valence-corrected chi connectivity index (χ1v) is 9.71. The van der Waals surface area contributed by atoms with Crippen LogP contribution < -0.4 is 0 Å². The van der Waals surface area contributed by atoms with Crippen LogP contribution in [-0.2, 0) is 0 Å². The van der Waals surface area contributed by atoms with Crippen molar-refractivity contribution in [2.45, 2.75) is 80.1 Å². The van der Waals surface area contributed by atoms with Crippen LogP contribution in [0.3, 0.4) is 0 Å². The molecule has 1 saturated carbocycles. The highest BCUT2D eigenvalue weighted by molar-refractivity contribution is 5.08. The van der Waals surface area contributed by atoms with E-state index in [9.17, 15) is 0 Å². The van der Waals surface area contributed by atoms with Gasteiger partial charge in [-0.15, -0.1) is 0 Å². The molecular weight excluding hydrogens is 276 g/mol. The van der Waals surface area contributed by atoms with E-state index in [2.05, 4.69) is 66.3 Å². The van der Waals surface area contributed by atoms with Gasteiger partial charge >= 0.3 is 0 Å². The second-order valence-corrected chi connectivity index (χ2v) is 9.02. The summed E-state index contributed by atoms with van der Waals surface area (Å²) in [6, 6.07) is 0. The lowest BCUT2D eigenvalue weighted by Gasteiger charge is -2.23. The summed E-state index contributed by atoms with van der Waals surface area (Å²) < 4.78 is 0. The van der Waals surface area contributed by atoms with Gasteiger partial charge in [0.25, 0.3) is 0 Å². The van der Waals surface area contributed by atoms with Gasteiger partial charge in [0, 0.05) is 0 Å². The minimum absolute atomic E-state index is 0.480. The van der Waals surface area contributed by atoms with E-state index in [4.69, 9.17) is 0 Å². The average molecular weight is 317 g/mol. The van der Waals surface area contributed by atoms with Gasteiger partial charge in [0.15, 0.2) is 0 Å². The summed E-state index contributed by atoms with van der Waals surface area (Å²) in [4.78, 5) is 0. The Morgan fingerprint density at radius 2 is 2.00 bits per heavy atom. The van der Waals surface area contributed by atoms with Crippen LogP contribution in [0.25, 0.3) is 0 Å². The van der Waals surface area contributed by atoms with Crippen molar-refractivity contribution < 1.29 is 0 Å². The maximum absolute atomic E-state index is 3.76. The fourth-order valence-electron chi connectivity index (χ4n) is 4.01. The predicted molar refractivity (Wildman–Crippen MR) is 106 cm³/mol. The number of hydrogen-bond donors (Lipinski definition) is 0. The van der Waals surface area contributed by atoms with Gasteiger partial charge in [-0.1, -0.05) is 71.1 Å².